The van der Waals surface area contributed by atoms with Crippen LogP contribution < -0.4 is 0 Å². The summed E-state index contributed by atoms with van der Waals surface area (Å²) in [6.07, 6.45) is 7.34. The number of hydrogen-bond donors (Lipinski definition) is 0. The number of carbonyl (C=O) groups is 2. The molecule has 2 heterocycles. The van der Waals surface area contributed by atoms with Crippen molar-refractivity contribution < 1.29 is 9.59 Å². The Morgan fingerprint density at radius 2 is 1.33 bits per heavy atom. The van der Waals surface area contributed by atoms with Crippen LogP contribution in [0, 0.1) is 0 Å². The molecule has 2 unspecified atom stereocenters. The molecule has 2 aliphatic heterocycles. The smallest absolute Gasteiger partial charge is 0.210 e. The third-order valence-corrected chi connectivity index (χ3v) is 3.65. The number of amides is 2. The molecule has 2 aliphatic rings. The van der Waals surface area contributed by atoms with Gasteiger partial charge in [0.05, 0.1) is 12.1 Å². The normalized spacial score (nSPS) is 31.7. The molecule has 84 valence electrons. The fourth-order valence-electron chi connectivity index (χ4n) is 2.88. The van der Waals surface area contributed by atoms with Crippen molar-refractivity contribution >= 4 is 12.8 Å². The van der Waals surface area contributed by atoms with E-state index in [1.165, 1.54) is 6.42 Å². The molecule has 4 heteroatoms. The second kappa shape index (κ2) is 4.64. The first-order valence-corrected chi connectivity index (χ1v) is 5.79. The highest BCUT2D eigenvalue weighted by atomic mass is 16.1. The lowest BCUT2D eigenvalue weighted by Crippen LogP contribution is -2.50. The van der Waals surface area contributed by atoms with Gasteiger partial charge in [0.1, 0.15) is 0 Å². The summed E-state index contributed by atoms with van der Waals surface area (Å²) in [6, 6.07) is 0.539. The second-order valence-corrected chi connectivity index (χ2v) is 4.46. The molecule has 0 aromatic carbocycles. The van der Waals surface area contributed by atoms with Crippen LogP contribution in [0.15, 0.2) is 0 Å². The monoisotopic (exact) mass is 210 g/mol. The molecule has 0 radical (unpaired) electrons. The van der Waals surface area contributed by atoms with Crippen molar-refractivity contribution in [3.63, 3.8) is 0 Å². The largest absolute Gasteiger partial charge is 0.340 e. The van der Waals surface area contributed by atoms with Crippen molar-refractivity contribution in [2.24, 2.45) is 0 Å². The minimum Gasteiger partial charge on any atom is -0.340 e. The molecule has 2 rings (SSSR count). The maximum Gasteiger partial charge on any atom is 0.210 e. The number of piperidine rings is 1. The van der Waals surface area contributed by atoms with Gasteiger partial charge in [-0.2, -0.15) is 0 Å². The number of hydrogen-bond acceptors (Lipinski definition) is 2. The standard InChI is InChI=1S/C11H18N2O2/c14-8-12-6-2-1-4-10(12)11-5-3-7-13(11)9-15/h8-11H,1-7H2. The van der Waals surface area contributed by atoms with Gasteiger partial charge in [0.25, 0.3) is 0 Å². The van der Waals surface area contributed by atoms with Gasteiger partial charge < -0.3 is 9.80 Å². The van der Waals surface area contributed by atoms with E-state index in [0.717, 1.165) is 51.6 Å². The second-order valence-electron chi connectivity index (χ2n) is 4.46. The van der Waals surface area contributed by atoms with Gasteiger partial charge >= 0.3 is 0 Å². The first kappa shape index (κ1) is 10.5. The Morgan fingerprint density at radius 1 is 0.800 bits per heavy atom. The Kier molecular flexibility index (Phi) is 3.23. The van der Waals surface area contributed by atoms with Crippen molar-refractivity contribution in [2.45, 2.75) is 44.2 Å². The van der Waals surface area contributed by atoms with Gasteiger partial charge in [0.2, 0.25) is 12.8 Å². The van der Waals surface area contributed by atoms with Crippen LogP contribution in [0.4, 0.5) is 0 Å². The van der Waals surface area contributed by atoms with E-state index in [1.807, 2.05) is 9.80 Å². The van der Waals surface area contributed by atoms with Crippen LogP contribution in [-0.2, 0) is 9.59 Å². The van der Waals surface area contributed by atoms with Gasteiger partial charge in [-0.3, -0.25) is 9.59 Å². The lowest BCUT2D eigenvalue weighted by Gasteiger charge is -2.39. The van der Waals surface area contributed by atoms with Crippen LogP contribution in [0.3, 0.4) is 0 Å². The third-order valence-electron chi connectivity index (χ3n) is 3.65. The predicted octanol–water partition coefficient (Wildman–Crippen LogP) is 0.618. The van der Waals surface area contributed by atoms with Gasteiger partial charge in [-0.05, 0) is 32.1 Å². The zero-order chi connectivity index (χ0) is 10.7. The van der Waals surface area contributed by atoms with E-state index in [2.05, 4.69) is 0 Å². The Labute approximate surface area is 90.2 Å². The summed E-state index contributed by atoms with van der Waals surface area (Å²) < 4.78 is 0. The molecule has 15 heavy (non-hydrogen) atoms. The fraction of sp³-hybridized carbons (Fsp3) is 0.818. The molecule has 0 aromatic rings. The summed E-state index contributed by atoms with van der Waals surface area (Å²) in [5.41, 5.74) is 0. The van der Waals surface area contributed by atoms with Crippen molar-refractivity contribution in [2.75, 3.05) is 13.1 Å². The quantitative estimate of drug-likeness (QED) is 0.641. The minimum absolute atomic E-state index is 0.268. The van der Waals surface area contributed by atoms with Crippen LogP contribution in [0.2, 0.25) is 0 Å². The summed E-state index contributed by atoms with van der Waals surface area (Å²) in [7, 11) is 0. The van der Waals surface area contributed by atoms with Crippen molar-refractivity contribution in [3.05, 3.63) is 0 Å². The van der Waals surface area contributed by atoms with Crippen LogP contribution >= 0.6 is 0 Å². The number of likely N-dealkylation sites (tertiary alicyclic amines) is 2. The molecule has 0 N–H and O–H groups in total. The molecule has 0 bridgehead atoms. The average Bonchev–Trinajstić information content (AvgIpc) is 2.76. The predicted molar refractivity (Wildman–Crippen MR) is 56.2 cm³/mol. The van der Waals surface area contributed by atoms with Gasteiger partial charge in [0.15, 0.2) is 0 Å². The highest BCUT2D eigenvalue weighted by molar-refractivity contribution is 5.51. The van der Waals surface area contributed by atoms with Gasteiger partial charge in [-0.25, -0.2) is 0 Å². The van der Waals surface area contributed by atoms with E-state index in [0.29, 0.717) is 0 Å². The molecule has 2 atom stereocenters. The fourth-order valence-corrected chi connectivity index (χ4v) is 2.88. The Bertz CT molecular complexity index is 245. The van der Waals surface area contributed by atoms with Gasteiger partial charge in [0, 0.05) is 13.1 Å². The first-order valence-electron chi connectivity index (χ1n) is 5.79. The van der Waals surface area contributed by atoms with E-state index in [-0.39, 0.29) is 12.1 Å². The number of rotatable bonds is 3. The van der Waals surface area contributed by atoms with Crippen LogP contribution in [0.25, 0.3) is 0 Å². The Balaban J connectivity index is 2.06. The molecule has 0 saturated carbocycles. The molecule has 4 nitrogen and oxygen atoms in total. The van der Waals surface area contributed by atoms with Crippen LogP contribution in [0.5, 0.6) is 0 Å². The van der Waals surface area contributed by atoms with Crippen LogP contribution in [0.1, 0.15) is 32.1 Å². The molecule has 2 fully saturated rings. The van der Waals surface area contributed by atoms with E-state index in [9.17, 15) is 9.59 Å². The van der Waals surface area contributed by atoms with Crippen molar-refractivity contribution in [1.82, 2.24) is 9.80 Å². The highest BCUT2D eigenvalue weighted by Gasteiger charge is 2.35. The SMILES string of the molecule is O=CN1CCCCC1C1CCCN1C=O. The van der Waals surface area contributed by atoms with E-state index < -0.39 is 0 Å². The zero-order valence-corrected chi connectivity index (χ0v) is 8.97. The van der Waals surface area contributed by atoms with Gasteiger partial charge in [-0.15, -0.1) is 0 Å². The molecule has 0 aromatic heterocycles. The van der Waals surface area contributed by atoms with Crippen molar-refractivity contribution in [3.8, 4) is 0 Å². The average molecular weight is 210 g/mol. The Morgan fingerprint density at radius 3 is 1.93 bits per heavy atom. The third kappa shape index (κ3) is 1.98. The number of nitrogens with zero attached hydrogens (tertiary/aromatic N) is 2. The van der Waals surface area contributed by atoms with E-state index >= 15 is 0 Å². The minimum atomic E-state index is 0.268. The maximum atomic E-state index is 10.9. The molecule has 0 spiro atoms. The zero-order valence-electron chi connectivity index (χ0n) is 8.97. The topological polar surface area (TPSA) is 40.6 Å². The maximum absolute atomic E-state index is 10.9. The Hall–Kier alpha value is -1.06. The summed E-state index contributed by atoms with van der Waals surface area (Å²) in [5, 5.41) is 0. The summed E-state index contributed by atoms with van der Waals surface area (Å²) in [6.45, 7) is 1.72. The number of carbonyl (C=O) groups excluding carboxylic acids is 2. The van der Waals surface area contributed by atoms with Crippen LogP contribution in [-0.4, -0.2) is 47.8 Å². The van der Waals surface area contributed by atoms with Gasteiger partial charge in [-0.1, -0.05) is 0 Å². The molecule has 2 amide bonds. The van der Waals surface area contributed by atoms with E-state index in [4.69, 9.17) is 0 Å². The van der Waals surface area contributed by atoms with Crippen molar-refractivity contribution in [1.29, 1.82) is 0 Å². The lowest BCUT2D eigenvalue weighted by atomic mass is 9.94. The molecular formula is C11H18N2O2. The summed E-state index contributed by atoms with van der Waals surface area (Å²) in [4.78, 5) is 25.6. The van der Waals surface area contributed by atoms with E-state index in [1.54, 1.807) is 0 Å². The summed E-state index contributed by atoms with van der Waals surface area (Å²) >= 11 is 0. The summed E-state index contributed by atoms with van der Waals surface area (Å²) in [5.74, 6) is 0. The highest BCUT2D eigenvalue weighted by Crippen LogP contribution is 2.27. The molecule has 2 saturated heterocycles. The lowest BCUT2D eigenvalue weighted by molar-refractivity contribution is -0.127. The molecule has 0 aliphatic carbocycles. The molecular weight excluding hydrogens is 192 g/mol. The first-order chi connectivity index (χ1) is 7.36.